The van der Waals surface area contributed by atoms with Gasteiger partial charge in [0.15, 0.2) is 0 Å². The molecule has 0 saturated heterocycles. The molecule has 0 atom stereocenters. The number of hydrogen-bond donors (Lipinski definition) is 1. The van der Waals surface area contributed by atoms with Gasteiger partial charge >= 0.3 is 0 Å². The summed E-state index contributed by atoms with van der Waals surface area (Å²) in [5.74, 6) is 2.01. The molecule has 1 N–H and O–H groups in total. The van der Waals surface area contributed by atoms with E-state index in [1.807, 2.05) is 48.5 Å². The summed E-state index contributed by atoms with van der Waals surface area (Å²) in [5, 5.41) is 2.86. The Balaban J connectivity index is 1.54. The Hall–Kier alpha value is -3.21. The van der Waals surface area contributed by atoms with Gasteiger partial charge in [-0.15, -0.1) is 0 Å². The topological polar surface area (TPSA) is 60.7 Å². The van der Waals surface area contributed by atoms with Crippen molar-refractivity contribution in [2.45, 2.75) is 0 Å². The van der Waals surface area contributed by atoms with E-state index in [1.165, 1.54) is 0 Å². The summed E-state index contributed by atoms with van der Waals surface area (Å²) in [6.07, 6.45) is 1.59. The fourth-order valence-electron chi connectivity index (χ4n) is 2.43. The molecule has 2 aromatic carbocycles. The first-order chi connectivity index (χ1) is 12.3. The number of nitrogens with one attached hydrogen (secondary N) is 1. The molecule has 0 spiro atoms. The Bertz CT molecular complexity index is 810. The molecule has 0 aliphatic rings. The van der Waals surface area contributed by atoms with Gasteiger partial charge in [0, 0.05) is 5.56 Å². The summed E-state index contributed by atoms with van der Waals surface area (Å²) in [5.41, 5.74) is 1.34. The number of carbonyl (C=O) groups is 1. The lowest BCUT2D eigenvalue weighted by atomic mass is 10.0. The van der Waals surface area contributed by atoms with Crippen molar-refractivity contribution in [1.82, 2.24) is 5.32 Å². The second kappa shape index (κ2) is 8.06. The first kappa shape index (κ1) is 16.6. The van der Waals surface area contributed by atoms with Crippen LogP contribution < -0.4 is 14.8 Å². The number of carbonyl (C=O) groups excluding carboxylic acids is 1. The molecule has 0 fully saturated rings. The van der Waals surface area contributed by atoms with Crippen LogP contribution in [-0.2, 0) is 0 Å². The molecule has 5 heteroatoms. The summed E-state index contributed by atoms with van der Waals surface area (Å²) in [4.78, 5) is 12.4. The Morgan fingerprint density at radius 1 is 1.00 bits per heavy atom. The quantitative estimate of drug-likeness (QED) is 0.667. The van der Waals surface area contributed by atoms with E-state index in [-0.39, 0.29) is 5.91 Å². The van der Waals surface area contributed by atoms with Gasteiger partial charge in [0.1, 0.15) is 23.9 Å². The number of amides is 1. The van der Waals surface area contributed by atoms with Gasteiger partial charge in [0.2, 0.25) is 0 Å². The molecule has 0 aliphatic heterocycles. The molecule has 0 bridgehead atoms. The number of ether oxygens (including phenoxy) is 2. The lowest BCUT2D eigenvalue weighted by Gasteiger charge is -2.10. The minimum Gasteiger partial charge on any atom is -0.497 e. The van der Waals surface area contributed by atoms with E-state index >= 15 is 0 Å². The molecular formula is C20H19NO4. The van der Waals surface area contributed by atoms with Crippen molar-refractivity contribution >= 4 is 5.91 Å². The molecule has 1 amide bonds. The predicted octanol–water partition coefficient (Wildman–Crippen LogP) is 3.76. The fourth-order valence-corrected chi connectivity index (χ4v) is 2.43. The Morgan fingerprint density at radius 3 is 2.48 bits per heavy atom. The van der Waals surface area contributed by atoms with Crippen molar-refractivity contribution in [2.75, 3.05) is 20.3 Å². The highest BCUT2D eigenvalue weighted by molar-refractivity contribution is 6.00. The highest BCUT2D eigenvalue weighted by Crippen LogP contribution is 2.24. The second-order valence-electron chi connectivity index (χ2n) is 5.30. The van der Waals surface area contributed by atoms with E-state index in [9.17, 15) is 4.79 Å². The largest absolute Gasteiger partial charge is 0.497 e. The van der Waals surface area contributed by atoms with Crippen LogP contribution in [0.25, 0.3) is 11.3 Å². The molecule has 5 nitrogen and oxygen atoms in total. The molecule has 0 saturated carbocycles. The van der Waals surface area contributed by atoms with Crippen LogP contribution in [0, 0.1) is 0 Å². The number of methoxy groups -OCH3 is 1. The fraction of sp³-hybridized carbons (Fsp3) is 0.150. The normalized spacial score (nSPS) is 10.3. The molecule has 1 heterocycles. The molecule has 3 rings (SSSR count). The van der Waals surface area contributed by atoms with Gasteiger partial charge < -0.3 is 19.2 Å². The lowest BCUT2D eigenvalue weighted by molar-refractivity contribution is 0.0947. The van der Waals surface area contributed by atoms with Crippen LogP contribution in [0.1, 0.15) is 10.4 Å². The third-order valence-corrected chi connectivity index (χ3v) is 3.67. The van der Waals surface area contributed by atoms with Crippen molar-refractivity contribution in [1.29, 1.82) is 0 Å². The maximum absolute atomic E-state index is 12.4. The molecule has 3 aromatic rings. The van der Waals surface area contributed by atoms with E-state index < -0.39 is 0 Å². The van der Waals surface area contributed by atoms with Crippen LogP contribution in [0.3, 0.4) is 0 Å². The Kier molecular flexibility index (Phi) is 5.36. The van der Waals surface area contributed by atoms with Crippen LogP contribution in [0.4, 0.5) is 0 Å². The molecular weight excluding hydrogens is 318 g/mol. The zero-order chi connectivity index (χ0) is 17.5. The SMILES string of the molecule is COc1ccc(OCCNC(=O)c2ccccc2-c2ccco2)cc1. The number of furan rings is 1. The third-order valence-electron chi connectivity index (χ3n) is 3.67. The predicted molar refractivity (Wildman–Crippen MR) is 95.0 cm³/mol. The monoisotopic (exact) mass is 337 g/mol. The first-order valence-corrected chi connectivity index (χ1v) is 7.96. The average Bonchev–Trinajstić information content (AvgIpc) is 3.20. The molecule has 0 aliphatic carbocycles. The molecule has 0 radical (unpaired) electrons. The van der Waals surface area contributed by atoms with E-state index in [1.54, 1.807) is 25.5 Å². The second-order valence-corrected chi connectivity index (χ2v) is 5.30. The number of hydrogen-bond acceptors (Lipinski definition) is 4. The van der Waals surface area contributed by atoms with Crippen LogP contribution in [0.15, 0.2) is 71.3 Å². The van der Waals surface area contributed by atoms with Gasteiger partial charge in [0.05, 0.1) is 25.5 Å². The Labute approximate surface area is 146 Å². The zero-order valence-electron chi connectivity index (χ0n) is 13.9. The standard InChI is InChI=1S/C20H19NO4/c1-23-15-8-10-16(11-9-15)24-14-12-21-20(22)18-6-3-2-5-17(18)19-7-4-13-25-19/h2-11,13H,12,14H2,1H3,(H,21,22). The van der Waals surface area contributed by atoms with Crippen molar-refractivity contribution in [3.8, 4) is 22.8 Å². The zero-order valence-corrected chi connectivity index (χ0v) is 13.9. The van der Waals surface area contributed by atoms with Gasteiger partial charge in [-0.1, -0.05) is 18.2 Å². The van der Waals surface area contributed by atoms with E-state index in [4.69, 9.17) is 13.9 Å². The Morgan fingerprint density at radius 2 is 1.76 bits per heavy atom. The highest BCUT2D eigenvalue weighted by Gasteiger charge is 2.13. The van der Waals surface area contributed by atoms with Crippen LogP contribution in [-0.4, -0.2) is 26.2 Å². The van der Waals surface area contributed by atoms with E-state index in [0.717, 1.165) is 17.1 Å². The third kappa shape index (κ3) is 4.20. The highest BCUT2D eigenvalue weighted by atomic mass is 16.5. The van der Waals surface area contributed by atoms with Crippen molar-refractivity contribution in [3.63, 3.8) is 0 Å². The first-order valence-electron chi connectivity index (χ1n) is 7.96. The van der Waals surface area contributed by atoms with Crippen molar-refractivity contribution in [2.24, 2.45) is 0 Å². The summed E-state index contributed by atoms with van der Waals surface area (Å²) in [6, 6.07) is 18.3. The van der Waals surface area contributed by atoms with Gasteiger partial charge in [-0.3, -0.25) is 4.79 Å². The van der Waals surface area contributed by atoms with Gasteiger partial charge in [-0.25, -0.2) is 0 Å². The van der Waals surface area contributed by atoms with Gasteiger partial charge in [-0.05, 0) is 42.5 Å². The maximum Gasteiger partial charge on any atom is 0.252 e. The summed E-state index contributed by atoms with van der Waals surface area (Å²) >= 11 is 0. The van der Waals surface area contributed by atoms with Gasteiger partial charge in [0.25, 0.3) is 5.91 Å². The van der Waals surface area contributed by atoms with E-state index in [0.29, 0.717) is 24.5 Å². The smallest absolute Gasteiger partial charge is 0.252 e. The minimum absolute atomic E-state index is 0.162. The van der Waals surface area contributed by atoms with Crippen LogP contribution in [0.2, 0.25) is 0 Å². The summed E-state index contributed by atoms with van der Waals surface area (Å²) < 4.78 is 16.1. The van der Waals surface area contributed by atoms with Crippen molar-refractivity contribution < 1.29 is 18.7 Å². The van der Waals surface area contributed by atoms with Crippen LogP contribution in [0.5, 0.6) is 11.5 Å². The average molecular weight is 337 g/mol. The van der Waals surface area contributed by atoms with Crippen LogP contribution >= 0.6 is 0 Å². The molecule has 128 valence electrons. The maximum atomic E-state index is 12.4. The van der Waals surface area contributed by atoms with Gasteiger partial charge in [-0.2, -0.15) is 0 Å². The molecule has 1 aromatic heterocycles. The summed E-state index contributed by atoms with van der Waals surface area (Å²) in [6.45, 7) is 0.776. The van der Waals surface area contributed by atoms with E-state index in [2.05, 4.69) is 5.32 Å². The molecule has 0 unspecified atom stereocenters. The molecule has 25 heavy (non-hydrogen) atoms. The van der Waals surface area contributed by atoms with Crippen molar-refractivity contribution in [3.05, 3.63) is 72.5 Å². The minimum atomic E-state index is -0.162. The number of benzene rings is 2. The number of rotatable bonds is 7. The summed E-state index contributed by atoms with van der Waals surface area (Å²) in [7, 11) is 1.62. The lowest BCUT2D eigenvalue weighted by Crippen LogP contribution is -2.28.